The molecule has 7 heteroatoms. The highest BCUT2D eigenvalue weighted by Crippen LogP contribution is 2.27. The van der Waals surface area contributed by atoms with Gasteiger partial charge in [0.25, 0.3) is 0 Å². The van der Waals surface area contributed by atoms with Crippen molar-refractivity contribution in [3.8, 4) is 10.7 Å². The van der Waals surface area contributed by atoms with Crippen molar-refractivity contribution >= 4 is 28.9 Å². The highest BCUT2D eigenvalue weighted by molar-refractivity contribution is 7.17. The van der Waals surface area contributed by atoms with E-state index in [4.69, 9.17) is 16.3 Å². The van der Waals surface area contributed by atoms with Crippen LogP contribution in [0, 0.1) is 12.7 Å². The molecule has 24 heavy (non-hydrogen) atoms. The first-order valence-electron chi connectivity index (χ1n) is 7.04. The number of rotatable bonds is 4. The van der Waals surface area contributed by atoms with E-state index in [9.17, 15) is 9.18 Å². The van der Waals surface area contributed by atoms with Gasteiger partial charge in [0.05, 0.1) is 16.4 Å². The summed E-state index contributed by atoms with van der Waals surface area (Å²) in [5, 5.41) is 0.873. The molecule has 0 aliphatic rings. The van der Waals surface area contributed by atoms with Crippen LogP contribution in [0.1, 0.15) is 20.9 Å². The Balaban J connectivity index is 1.75. The predicted octanol–water partition coefficient (Wildman–Crippen LogP) is 4.66. The summed E-state index contributed by atoms with van der Waals surface area (Å²) in [7, 11) is 0. The van der Waals surface area contributed by atoms with Crippen molar-refractivity contribution in [2.24, 2.45) is 0 Å². The number of carbonyl (C=O) groups is 1. The second-order valence-electron chi connectivity index (χ2n) is 4.96. The van der Waals surface area contributed by atoms with Gasteiger partial charge in [0, 0.05) is 11.8 Å². The highest BCUT2D eigenvalue weighted by atomic mass is 35.5. The third-order valence-corrected chi connectivity index (χ3v) is 4.75. The molecule has 4 nitrogen and oxygen atoms in total. The van der Waals surface area contributed by atoms with Crippen molar-refractivity contribution < 1.29 is 13.9 Å². The Kier molecular flexibility index (Phi) is 4.87. The third kappa shape index (κ3) is 3.60. The maximum atomic E-state index is 13.0. The number of halogens is 2. The van der Waals surface area contributed by atoms with Crippen LogP contribution in [0.25, 0.3) is 10.7 Å². The van der Waals surface area contributed by atoms with Crippen molar-refractivity contribution in [2.45, 2.75) is 13.5 Å². The molecule has 3 aromatic rings. The molecule has 0 aliphatic heterocycles. The lowest BCUT2D eigenvalue weighted by Gasteiger charge is -2.05. The lowest BCUT2D eigenvalue weighted by molar-refractivity contribution is 0.0477. The van der Waals surface area contributed by atoms with E-state index < -0.39 is 11.8 Å². The lowest BCUT2D eigenvalue weighted by atomic mass is 10.2. The molecular weight excluding hydrogens is 351 g/mol. The molecule has 0 unspecified atom stereocenters. The van der Waals surface area contributed by atoms with Crippen LogP contribution in [-0.2, 0) is 11.3 Å². The predicted molar refractivity (Wildman–Crippen MR) is 90.6 cm³/mol. The normalized spacial score (nSPS) is 10.6. The third-order valence-electron chi connectivity index (χ3n) is 3.24. The number of hydrogen-bond acceptors (Lipinski definition) is 5. The van der Waals surface area contributed by atoms with Crippen LogP contribution in [0.5, 0.6) is 0 Å². The van der Waals surface area contributed by atoms with E-state index in [0.29, 0.717) is 26.8 Å². The summed E-state index contributed by atoms with van der Waals surface area (Å²) < 4.78 is 18.3. The summed E-state index contributed by atoms with van der Waals surface area (Å²) >= 11 is 7.15. The molecule has 0 saturated carbocycles. The first-order valence-corrected chi connectivity index (χ1v) is 8.24. The van der Waals surface area contributed by atoms with Crippen molar-refractivity contribution in [1.82, 2.24) is 9.97 Å². The van der Waals surface area contributed by atoms with Gasteiger partial charge in [-0.25, -0.2) is 14.2 Å². The van der Waals surface area contributed by atoms with Gasteiger partial charge >= 0.3 is 5.97 Å². The Hall–Kier alpha value is -2.31. The fraction of sp³-hybridized carbons (Fsp3) is 0.118. The Morgan fingerprint density at radius 2 is 2.17 bits per heavy atom. The average molecular weight is 363 g/mol. The summed E-state index contributed by atoms with van der Waals surface area (Å²) in [6, 6.07) is 9.43. The number of pyridine rings is 1. The number of carbonyl (C=O) groups excluding carboxylic acids is 1. The largest absolute Gasteiger partial charge is 0.457 e. The number of aryl methyl sites for hydroxylation is 1. The molecular formula is C17H12ClFN2O2S. The Morgan fingerprint density at radius 3 is 2.88 bits per heavy atom. The Morgan fingerprint density at radius 1 is 1.33 bits per heavy atom. The number of benzene rings is 1. The average Bonchev–Trinajstić information content (AvgIpc) is 2.96. The second kappa shape index (κ2) is 7.07. The van der Waals surface area contributed by atoms with Gasteiger partial charge in [-0.3, -0.25) is 4.98 Å². The summed E-state index contributed by atoms with van der Waals surface area (Å²) in [5.41, 5.74) is 1.82. The van der Waals surface area contributed by atoms with Crippen LogP contribution in [0.2, 0.25) is 5.02 Å². The minimum absolute atomic E-state index is 0.0335. The number of aromatic nitrogens is 2. The summed E-state index contributed by atoms with van der Waals surface area (Å²) in [4.78, 5) is 21.3. The maximum absolute atomic E-state index is 13.0. The quantitative estimate of drug-likeness (QED) is 0.633. The van der Waals surface area contributed by atoms with Crippen LogP contribution in [0.15, 0.2) is 42.6 Å². The van der Waals surface area contributed by atoms with E-state index in [0.717, 1.165) is 0 Å². The number of ether oxygens (including phenoxy) is 1. The molecule has 122 valence electrons. The topological polar surface area (TPSA) is 52.1 Å². The molecule has 0 aliphatic carbocycles. The summed E-state index contributed by atoms with van der Waals surface area (Å²) in [5.74, 6) is -0.930. The molecule has 0 saturated heterocycles. The van der Waals surface area contributed by atoms with E-state index >= 15 is 0 Å². The molecule has 0 fully saturated rings. The number of thiazole rings is 1. The number of esters is 1. The number of hydrogen-bond donors (Lipinski definition) is 0. The fourth-order valence-electron chi connectivity index (χ4n) is 2.03. The Labute approximate surface area is 146 Å². The molecule has 0 atom stereocenters. The van der Waals surface area contributed by atoms with E-state index in [1.807, 2.05) is 18.2 Å². The second-order valence-corrected chi connectivity index (χ2v) is 6.37. The Bertz CT molecular complexity index is 884. The van der Waals surface area contributed by atoms with Crippen LogP contribution in [-0.4, -0.2) is 15.9 Å². The summed E-state index contributed by atoms with van der Waals surface area (Å²) in [6.45, 7) is 1.71. The zero-order valence-corrected chi connectivity index (χ0v) is 14.2. The molecule has 0 amide bonds. The van der Waals surface area contributed by atoms with Gasteiger partial charge in [-0.15, -0.1) is 11.3 Å². The summed E-state index contributed by atoms with van der Waals surface area (Å²) in [6.07, 6.45) is 1.67. The molecule has 3 rings (SSSR count). The molecule has 0 N–H and O–H groups in total. The van der Waals surface area contributed by atoms with E-state index in [2.05, 4.69) is 9.97 Å². The van der Waals surface area contributed by atoms with Crippen molar-refractivity contribution in [2.75, 3.05) is 0 Å². The standard InChI is InChI=1S/C17H12ClFN2O2S/c1-10-15(24-16(21-10)14-4-2-3-7-20-14)17(22)23-9-11-5-6-12(19)8-13(11)18/h2-8H,9H2,1H3. The zero-order valence-electron chi connectivity index (χ0n) is 12.6. The van der Waals surface area contributed by atoms with Crippen LogP contribution in [0.4, 0.5) is 4.39 Å². The fourth-order valence-corrected chi connectivity index (χ4v) is 3.19. The minimum Gasteiger partial charge on any atom is -0.457 e. The highest BCUT2D eigenvalue weighted by Gasteiger charge is 2.18. The van der Waals surface area contributed by atoms with E-state index in [1.165, 1.54) is 29.5 Å². The van der Waals surface area contributed by atoms with E-state index in [1.54, 1.807) is 13.1 Å². The molecule has 2 heterocycles. The van der Waals surface area contributed by atoms with Crippen molar-refractivity contribution in [1.29, 1.82) is 0 Å². The smallest absolute Gasteiger partial charge is 0.350 e. The first-order chi connectivity index (χ1) is 11.5. The minimum atomic E-state index is -0.493. The number of nitrogens with zero attached hydrogens (tertiary/aromatic N) is 2. The molecule has 0 spiro atoms. The van der Waals surface area contributed by atoms with Gasteiger partial charge in [0.15, 0.2) is 0 Å². The molecule has 0 radical (unpaired) electrons. The van der Waals surface area contributed by atoms with Crippen LogP contribution < -0.4 is 0 Å². The molecule has 1 aromatic carbocycles. The van der Waals surface area contributed by atoms with Gasteiger partial charge in [-0.05, 0) is 31.2 Å². The van der Waals surface area contributed by atoms with Gasteiger partial charge in [0.2, 0.25) is 0 Å². The lowest BCUT2D eigenvalue weighted by Crippen LogP contribution is -2.05. The molecule has 0 bridgehead atoms. The van der Waals surface area contributed by atoms with Crippen molar-refractivity contribution in [3.05, 3.63) is 69.6 Å². The van der Waals surface area contributed by atoms with Crippen molar-refractivity contribution in [3.63, 3.8) is 0 Å². The van der Waals surface area contributed by atoms with Gasteiger partial charge in [-0.2, -0.15) is 0 Å². The first kappa shape index (κ1) is 16.5. The van der Waals surface area contributed by atoms with E-state index in [-0.39, 0.29) is 11.6 Å². The van der Waals surface area contributed by atoms with Gasteiger partial charge < -0.3 is 4.74 Å². The van der Waals surface area contributed by atoms with Gasteiger partial charge in [0.1, 0.15) is 22.3 Å². The SMILES string of the molecule is Cc1nc(-c2ccccn2)sc1C(=O)OCc1ccc(F)cc1Cl. The monoisotopic (exact) mass is 362 g/mol. The molecule has 2 aromatic heterocycles. The van der Waals surface area contributed by atoms with Gasteiger partial charge in [-0.1, -0.05) is 23.7 Å². The van der Waals surface area contributed by atoms with Crippen LogP contribution >= 0.6 is 22.9 Å². The van der Waals surface area contributed by atoms with Crippen LogP contribution in [0.3, 0.4) is 0 Å². The zero-order chi connectivity index (χ0) is 17.1. The maximum Gasteiger partial charge on any atom is 0.350 e.